The van der Waals surface area contributed by atoms with Gasteiger partial charge in [-0.05, 0) is 56.1 Å². The Kier molecular flexibility index (Phi) is 4.51. The van der Waals surface area contributed by atoms with E-state index < -0.39 is 0 Å². The fourth-order valence-corrected chi connectivity index (χ4v) is 2.34. The zero-order valence-electron chi connectivity index (χ0n) is 10.5. The fourth-order valence-electron chi connectivity index (χ4n) is 2.34. The Morgan fingerprint density at radius 1 is 1.29 bits per heavy atom. The van der Waals surface area contributed by atoms with E-state index in [0.717, 1.165) is 38.2 Å². The van der Waals surface area contributed by atoms with E-state index in [1.54, 1.807) is 12.1 Å². The zero-order chi connectivity index (χ0) is 12.1. The van der Waals surface area contributed by atoms with Crippen molar-refractivity contribution in [2.45, 2.75) is 19.8 Å². The molecule has 0 spiro atoms. The lowest BCUT2D eigenvalue weighted by atomic mass is 10.1. The Hall–Kier alpha value is -0.930. The minimum absolute atomic E-state index is 0.134. The number of aryl methyl sites for hydroxylation is 1. The van der Waals surface area contributed by atoms with Gasteiger partial charge in [0.25, 0.3) is 0 Å². The molecular weight excluding hydrogens is 215 g/mol. The van der Waals surface area contributed by atoms with Gasteiger partial charge in [-0.15, -0.1) is 0 Å². The Balaban J connectivity index is 1.88. The quantitative estimate of drug-likeness (QED) is 0.863. The zero-order valence-corrected chi connectivity index (χ0v) is 10.5. The second kappa shape index (κ2) is 6.12. The largest absolute Gasteiger partial charge is 0.315 e. The van der Waals surface area contributed by atoms with Crippen LogP contribution in [-0.2, 0) is 6.42 Å². The predicted molar refractivity (Wildman–Crippen MR) is 68.8 cm³/mol. The van der Waals surface area contributed by atoms with Gasteiger partial charge in [0.05, 0.1) is 0 Å². The maximum Gasteiger partial charge on any atom is 0.123 e. The van der Waals surface area contributed by atoms with Crippen molar-refractivity contribution in [3.8, 4) is 0 Å². The monoisotopic (exact) mass is 236 g/mol. The van der Waals surface area contributed by atoms with Crippen LogP contribution in [0.5, 0.6) is 0 Å². The molecule has 0 unspecified atom stereocenters. The molecule has 2 nitrogen and oxygen atoms in total. The summed E-state index contributed by atoms with van der Waals surface area (Å²) < 4.78 is 13.0. The van der Waals surface area contributed by atoms with Gasteiger partial charge in [0.2, 0.25) is 0 Å². The van der Waals surface area contributed by atoms with Crippen molar-refractivity contribution in [1.29, 1.82) is 0 Å². The summed E-state index contributed by atoms with van der Waals surface area (Å²) in [4.78, 5) is 2.49. The highest BCUT2D eigenvalue weighted by molar-refractivity contribution is 5.26. The molecule has 0 aliphatic carbocycles. The molecule has 1 saturated heterocycles. The predicted octanol–water partition coefficient (Wildman–Crippen LogP) is 1.97. The molecule has 1 aromatic rings. The van der Waals surface area contributed by atoms with Gasteiger partial charge in [0, 0.05) is 19.6 Å². The summed E-state index contributed by atoms with van der Waals surface area (Å²) >= 11 is 0. The van der Waals surface area contributed by atoms with Crippen LogP contribution in [0.2, 0.25) is 0 Å². The Morgan fingerprint density at radius 2 is 2.18 bits per heavy atom. The van der Waals surface area contributed by atoms with Crippen LogP contribution >= 0.6 is 0 Å². The molecule has 0 saturated carbocycles. The minimum atomic E-state index is -0.134. The van der Waals surface area contributed by atoms with Gasteiger partial charge in [-0.2, -0.15) is 0 Å². The molecule has 1 N–H and O–H groups in total. The van der Waals surface area contributed by atoms with E-state index in [1.807, 2.05) is 13.0 Å². The van der Waals surface area contributed by atoms with Gasteiger partial charge in [-0.1, -0.05) is 6.07 Å². The van der Waals surface area contributed by atoms with Crippen LogP contribution in [0.25, 0.3) is 0 Å². The fraction of sp³-hybridized carbons (Fsp3) is 0.571. The molecule has 1 aliphatic rings. The van der Waals surface area contributed by atoms with E-state index in [0.29, 0.717) is 0 Å². The van der Waals surface area contributed by atoms with Gasteiger partial charge in [-0.3, -0.25) is 0 Å². The van der Waals surface area contributed by atoms with Crippen molar-refractivity contribution in [2.75, 3.05) is 32.7 Å². The lowest BCUT2D eigenvalue weighted by Crippen LogP contribution is -2.30. The summed E-state index contributed by atoms with van der Waals surface area (Å²) in [7, 11) is 0. The van der Waals surface area contributed by atoms with Gasteiger partial charge in [0.1, 0.15) is 5.82 Å². The van der Waals surface area contributed by atoms with Gasteiger partial charge in [0.15, 0.2) is 0 Å². The molecule has 1 aromatic carbocycles. The summed E-state index contributed by atoms with van der Waals surface area (Å²) in [6.07, 6.45) is 2.24. The number of nitrogens with zero attached hydrogens (tertiary/aromatic N) is 1. The second-order valence-corrected chi connectivity index (χ2v) is 4.77. The maximum atomic E-state index is 13.0. The number of halogens is 1. The Morgan fingerprint density at radius 3 is 3.00 bits per heavy atom. The first kappa shape index (κ1) is 12.5. The highest BCUT2D eigenvalue weighted by Gasteiger charge is 2.09. The molecule has 1 fully saturated rings. The lowest BCUT2D eigenvalue weighted by molar-refractivity contribution is 0.296. The average Bonchev–Trinajstić information content (AvgIpc) is 2.56. The van der Waals surface area contributed by atoms with Crippen molar-refractivity contribution in [3.05, 3.63) is 35.1 Å². The molecule has 0 bridgehead atoms. The van der Waals surface area contributed by atoms with Crippen molar-refractivity contribution in [2.24, 2.45) is 0 Å². The van der Waals surface area contributed by atoms with E-state index in [1.165, 1.54) is 18.5 Å². The highest BCUT2D eigenvalue weighted by atomic mass is 19.1. The van der Waals surface area contributed by atoms with Crippen LogP contribution in [0.15, 0.2) is 18.2 Å². The topological polar surface area (TPSA) is 15.3 Å². The van der Waals surface area contributed by atoms with E-state index in [9.17, 15) is 4.39 Å². The van der Waals surface area contributed by atoms with Gasteiger partial charge >= 0.3 is 0 Å². The summed E-state index contributed by atoms with van der Waals surface area (Å²) in [5.74, 6) is -0.134. The summed E-state index contributed by atoms with van der Waals surface area (Å²) in [6, 6.07) is 5.10. The molecule has 94 valence electrons. The molecule has 0 atom stereocenters. The Labute approximate surface area is 103 Å². The van der Waals surface area contributed by atoms with Gasteiger partial charge < -0.3 is 10.2 Å². The number of hydrogen-bond acceptors (Lipinski definition) is 2. The third-order valence-electron chi connectivity index (χ3n) is 3.43. The number of rotatable bonds is 3. The molecule has 0 radical (unpaired) electrons. The summed E-state index contributed by atoms with van der Waals surface area (Å²) in [5, 5.41) is 3.40. The lowest BCUT2D eigenvalue weighted by Gasteiger charge is -2.19. The number of hydrogen-bond donors (Lipinski definition) is 1. The van der Waals surface area contributed by atoms with E-state index in [4.69, 9.17) is 0 Å². The van der Waals surface area contributed by atoms with Crippen molar-refractivity contribution in [1.82, 2.24) is 10.2 Å². The first-order valence-corrected chi connectivity index (χ1v) is 6.44. The smallest absolute Gasteiger partial charge is 0.123 e. The van der Waals surface area contributed by atoms with Crippen molar-refractivity contribution in [3.63, 3.8) is 0 Å². The molecule has 2 rings (SSSR count). The van der Waals surface area contributed by atoms with Crippen LogP contribution < -0.4 is 5.32 Å². The molecular formula is C14H21FN2. The molecule has 0 amide bonds. The molecule has 0 aromatic heterocycles. The molecule has 1 heterocycles. The van der Waals surface area contributed by atoms with Crippen LogP contribution in [-0.4, -0.2) is 37.6 Å². The average molecular weight is 236 g/mol. The number of nitrogens with one attached hydrogen (secondary N) is 1. The van der Waals surface area contributed by atoms with Crippen LogP contribution in [0.4, 0.5) is 4.39 Å². The van der Waals surface area contributed by atoms with Crippen LogP contribution in [0.1, 0.15) is 17.5 Å². The maximum absolute atomic E-state index is 13.0. The first-order chi connectivity index (χ1) is 8.25. The standard InChI is InChI=1S/C14H21FN2/c1-12-11-14(15)4-3-13(12)5-9-17-8-2-6-16-7-10-17/h3-4,11,16H,2,5-10H2,1H3. The molecule has 3 heteroatoms. The SMILES string of the molecule is Cc1cc(F)ccc1CCN1CCCNCC1. The second-order valence-electron chi connectivity index (χ2n) is 4.77. The minimum Gasteiger partial charge on any atom is -0.315 e. The van der Waals surface area contributed by atoms with Crippen molar-refractivity contribution >= 4 is 0 Å². The van der Waals surface area contributed by atoms with E-state index in [-0.39, 0.29) is 5.82 Å². The summed E-state index contributed by atoms with van der Waals surface area (Å²) in [5.41, 5.74) is 2.33. The normalized spacial score (nSPS) is 18.0. The van der Waals surface area contributed by atoms with Crippen molar-refractivity contribution < 1.29 is 4.39 Å². The Bertz CT molecular complexity index is 357. The van der Waals surface area contributed by atoms with Gasteiger partial charge in [-0.25, -0.2) is 4.39 Å². The molecule has 17 heavy (non-hydrogen) atoms. The van der Waals surface area contributed by atoms with E-state index >= 15 is 0 Å². The van der Waals surface area contributed by atoms with Crippen LogP contribution in [0, 0.1) is 12.7 Å². The molecule has 1 aliphatic heterocycles. The highest BCUT2D eigenvalue weighted by Crippen LogP contribution is 2.11. The first-order valence-electron chi connectivity index (χ1n) is 6.44. The van der Waals surface area contributed by atoms with Crippen LogP contribution in [0.3, 0.4) is 0 Å². The third-order valence-corrected chi connectivity index (χ3v) is 3.43. The van der Waals surface area contributed by atoms with E-state index in [2.05, 4.69) is 10.2 Å². The number of benzene rings is 1. The third kappa shape index (κ3) is 3.79. The summed E-state index contributed by atoms with van der Waals surface area (Å²) in [6.45, 7) is 7.58.